The summed E-state index contributed by atoms with van der Waals surface area (Å²) in [6.45, 7) is 2.06. The van der Waals surface area contributed by atoms with Crippen LogP contribution in [0.5, 0.6) is 0 Å². The summed E-state index contributed by atoms with van der Waals surface area (Å²) in [6.07, 6.45) is 2.55. The first-order valence-electron chi connectivity index (χ1n) is 7.47. The molecule has 2 saturated heterocycles. The number of hydrogen-bond acceptors (Lipinski definition) is 4. The minimum atomic E-state index is -0.281. The molecule has 1 unspecified atom stereocenters. The zero-order chi connectivity index (χ0) is 15.4. The number of likely N-dealkylation sites (N-methyl/N-ethyl adjacent to an activating group) is 1. The summed E-state index contributed by atoms with van der Waals surface area (Å²) in [7, 11) is 1.59. The van der Waals surface area contributed by atoms with Crippen molar-refractivity contribution in [3.8, 4) is 0 Å². The van der Waals surface area contributed by atoms with Crippen LogP contribution in [0.15, 0.2) is 0 Å². The van der Waals surface area contributed by atoms with E-state index < -0.39 is 0 Å². The minimum absolute atomic E-state index is 0.0721. The molecule has 2 aliphatic rings. The van der Waals surface area contributed by atoms with Crippen molar-refractivity contribution in [1.82, 2.24) is 14.7 Å². The van der Waals surface area contributed by atoms with E-state index in [1.807, 2.05) is 4.90 Å². The highest BCUT2D eigenvalue weighted by Crippen LogP contribution is 2.20. The van der Waals surface area contributed by atoms with E-state index in [0.717, 1.165) is 19.4 Å². The van der Waals surface area contributed by atoms with Gasteiger partial charge in [-0.3, -0.25) is 14.5 Å². The third-order valence-electron chi connectivity index (χ3n) is 4.18. The third kappa shape index (κ3) is 3.72. The lowest BCUT2D eigenvalue weighted by atomic mass is 10.1. The fourth-order valence-electron chi connectivity index (χ4n) is 2.91. The summed E-state index contributed by atoms with van der Waals surface area (Å²) in [6, 6.07) is -0.281. The molecule has 0 aliphatic carbocycles. The van der Waals surface area contributed by atoms with Gasteiger partial charge >= 0.3 is 6.03 Å². The van der Waals surface area contributed by atoms with E-state index in [1.54, 1.807) is 7.05 Å². The summed E-state index contributed by atoms with van der Waals surface area (Å²) < 4.78 is 0. The zero-order valence-electron chi connectivity index (χ0n) is 12.5. The maximum atomic E-state index is 12.1. The molecular weight excluding hydrogens is 274 g/mol. The lowest BCUT2D eigenvalue weighted by Crippen LogP contribution is -2.34. The van der Waals surface area contributed by atoms with Crippen molar-refractivity contribution in [3.05, 3.63) is 0 Å². The summed E-state index contributed by atoms with van der Waals surface area (Å²) in [4.78, 5) is 39.7. The number of hydrogen-bond donors (Lipinski definition) is 1. The predicted molar refractivity (Wildman–Crippen MR) is 75.4 cm³/mol. The second kappa shape index (κ2) is 6.89. The van der Waals surface area contributed by atoms with Gasteiger partial charge in [0.15, 0.2) is 0 Å². The van der Waals surface area contributed by atoms with Crippen molar-refractivity contribution in [2.24, 2.45) is 5.92 Å². The minimum Gasteiger partial charge on any atom is -0.396 e. The van der Waals surface area contributed by atoms with Gasteiger partial charge in [-0.05, 0) is 25.2 Å². The first-order valence-corrected chi connectivity index (χ1v) is 7.47. The third-order valence-corrected chi connectivity index (χ3v) is 4.18. The summed E-state index contributed by atoms with van der Waals surface area (Å²) in [5.74, 6) is 0.274. The zero-order valence-corrected chi connectivity index (χ0v) is 12.5. The Morgan fingerprint density at radius 1 is 1.38 bits per heavy atom. The van der Waals surface area contributed by atoms with Crippen LogP contribution in [-0.2, 0) is 9.59 Å². The van der Waals surface area contributed by atoms with Gasteiger partial charge in [-0.15, -0.1) is 0 Å². The average Bonchev–Trinajstić information content (AvgIpc) is 2.99. The normalized spacial score (nSPS) is 22.6. The topological polar surface area (TPSA) is 81.2 Å². The SMILES string of the molecule is CN1CC(=O)N(CCCC(=O)N2CCC(CCO)C2)C1=O. The molecule has 2 fully saturated rings. The maximum Gasteiger partial charge on any atom is 0.326 e. The van der Waals surface area contributed by atoms with Gasteiger partial charge < -0.3 is 14.9 Å². The first-order chi connectivity index (χ1) is 10.0. The van der Waals surface area contributed by atoms with Crippen molar-refractivity contribution in [2.75, 3.05) is 39.8 Å². The molecular formula is C14H23N3O4. The van der Waals surface area contributed by atoms with Crippen molar-refractivity contribution in [2.45, 2.75) is 25.7 Å². The standard InChI is InChI=1S/C14H23N3O4/c1-15-10-13(20)17(14(15)21)6-2-3-12(19)16-7-4-11(9-16)5-8-18/h11,18H,2-10H2,1H3. The molecule has 2 rings (SSSR count). The number of aliphatic hydroxyl groups excluding tert-OH is 1. The van der Waals surface area contributed by atoms with Crippen LogP contribution in [0.25, 0.3) is 0 Å². The van der Waals surface area contributed by atoms with E-state index in [9.17, 15) is 14.4 Å². The quantitative estimate of drug-likeness (QED) is 0.694. The molecule has 0 aromatic heterocycles. The summed E-state index contributed by atoms with van der Waals surface area (Å²) in [5, 5.41) is 8.91. The number of amides is 4. The fourth-order valence-corrected chi connectivity index (χ4v) is 2.91. The number of carbonyl (C=O) groups excluding carboxylic acids is 3. The highest BCUT2D eigenvalue weighted by molar-refractivity contribution is 6.01. The Morgan fingerprint density at radius 3 is 2.76 bits per heavy atom. The van der Waals surface area contributed by atoms with Gasteiger partial charge in [0.05, 0.1) is 0 Å². The van der Waals surface area contributed by atoms with Crippen molar-refractivity contribution < 1.29 is 19.5 Å². The average molecular weight is 297 g/mol. The van der Waals surface area contributed by atoms with E-state index in [2.05, 4.69) is 0 Å². The largest absolute Gasteiger partial charge is 0.396 e. The molecule has 0 spiro atoms. The smallest absolute Gasteiger partial charge is 0.326 e. The highest BCUT2D eigenvalue weighted by atomic mass is 16.3. The summed E-state index contributed by atoms with van der Waals surface area (Å²) >= 11 is 0. The number of imide groups is 1. The second-order valence-corrected chi connectivity index (χ2v) is 5.79. The van der Waals surface area contributed by atoms with Crippen molar-refractivity contribution >= 4 is 17.8 Å². The van der Waals surface area contributed by atoms with E-state index in [1.165, 1.54) is 9.80 Å². The number of rotatable bonds is 6. The molecule has 0 saturated carbocycles. The van der Waals surface area contributed by atoms with Crippen LogP contribution < -0.4 is 0 Å². The molecule has 0 aromatic rings. The van der Waals surface area contributed by atoms with Crippen LogP contribution >= 0.6 is 0 Å². The number of aliphatic hydroxyl groups is 1. The van der Waals surface area contributed by atoms with Gasteiger partial charge in [0.1, 0.15) is 6.54 Å². The van der Waals surface area contributed by atoms with Gasteiger partial charge in [0.2, 0.25) is 11.8 Å². The maximum absolute atomic E-state index is 12.1. The van der Waals surface area contributed by atoms with Crippen LogP contribution in [0.4, 0.5) is 4.79 Å². The Morgan fingerprint density at radius 2 is 2.14 bits per heavy atom. The van der Waals surface area contributed by atoms with Crippen molar-refractivity contribution in [1.29, 1.82) is 0 Å². The Hall–Kier alpha value is -1.63. The van der Waals surface area contributed by atoms with Gasteiger partial charge in [0, 0.05) is 39.7 Å². The summed E-state index contributed by atoms with van der Waals surface area (Å²) in [5.41, 5.74) is 0. The molecule has 2 aliphatic heterocycles. The molecule has 1 atom stereocenters. The molecule has 1 N–H and O–H groups in total. The molecule has 0 aromatic carbocycles. The van der Waals surface area contributed by atoms with E-state index in [4.69, 9.17) is 5.11 Å². The van der Waals surface area contributed by atoms with Crippen LogP contribution in [0.1, 0.15) is 25.7 Å². The number of nitrogens with zero attached hydrogens (tertiary/aromatic N) is 3. The molecule has 2 heterocycles. The van der Waals surface area contributed by atoms with Gasteiger partial charge in [-0.1, -0.05) is 0 Å². The predicted octanol–water partition coefficient (Wildman–Crippen LogP) is -0.108. The molecule has 21 heavy (non-hydrogen) atoms. The molecule has 4 amide bonds. The Kier molecular flexibility index (Phi) is 5.17. The Labute approximate surface area is 124 Å². The lowest BCUT2D eigenvalue weighted by molar-refractivity contribution is -0.131. The van der Waals surface area contributed by atoms with E-state index >= 15 is 0 Å². The number of urea groups is 1. The van der Waals surface area contributed by atoms with Crippen molar-refractivity contribution in [3.63, 3.8) is 0 Å². The Bertz CT molecular complexity index is 426. The van der Waals surface area contributed by atoms with E-state index in [-0.39, 0.29) is 31.0 Å². The lowest BCUT2D eigenvalue weighted by Gasteiger charge is -2.18. The molecule has 0 bridgehead atoms. The molecule has 7 heteroatoms. The second-order valence-electron chi connectivity index (χ2n) is 5.79. The molecule has 118 valence electrons. The van der Waals surface area contributed by atoms with Crippen LogP contribution in [0.3, 0.4) is 0 Å². The van der Waals surface area contributed by atoms with Crippen LogP contribution in [0.2, 0.25) is 0 Å². The highest BCUT2D eigenvalue weighted by Gasteiger charge is 2.33. The fraction of sp³-hybridized carbons (Fsp3) is 0.786. The van der Waals surface area contributed by atoms with Gasteiger partial charge in [0.25, 0.3) is 0 Å². The van der Waals surface area contributed by atoms with Crippen LogP contribution in [-0.4, -0.2) is 77.5 Å². The number of carbonyl (C=O) groups is 3. The van der Waals surface area contributed by atoms with E-state index in [0.29, 0.717) is 31.8 Å². The number of likely N-dealkylation sites (tertiary alicyclic amines) is 1. The Balaban J connectivity index is 1.70. The van der Waals surface area contributed by atoms with Gasteiger partial charge in [-0.25, -0.2) is 4.79 Å². The van der Waals surface area contributed by atoms with Gasteiger partial charge in [-0.2, -0.15) is 0 Å². The first kappa shape index (κ1) is 15.8. The van der Waals surface area contributed by atoms with Crippen LogP contribution in [0, 0.1) is 5.92 Å². The monoisotopic (exact) mass is 297 g/mol. The molecule has 0 radical (unpaired) electrons. The molecule has 7 nitrogen and oxygen atoms in total.